The summed E-state index contributed by atoms with van der Waals surface area (Å²) in [6, 6.07) is 15.8. The van der Waals surface area contributed by atoms with Crippen molar-refractivity contribution in [1.82, 2.24) is 39.9 Å². The van der Waals surface area contributed by atoms with Crippen LogP contribution in [0.3, 0.4) is 0 Å². The van der Waals surface area contributed by atoms with E-state index in [-0.39, 0.29) is 11.9 Å². The predicted octanol–water partition coefficient (Wildman–Crippen LogP) is 3.16. The summed E-state index contributed by atoms with van der Waals surface area (Å²) in [5, 5.41) is 21.9. The molecule has 0 amide bonds. The van der Waals surface area contributed by atoms with Crippen molar-refractivity contribution in [3.05, 3.63) is 66.2 Å². The molecule has 2 heterocycles. The number of hydrogen-bond acceptors (Lipinski definition) is 7. The largest absolute Gasteiger partial charge is 0.300 e. The summed E-state index contributed by atoms with van der Waals surface area (Å²) in [7, 11) is 3.94. The minimum absolute atomic E-state index is 0.00739. The molecule has 10 heteroatoms. The van der Waals surface area contributed by atoms with Gasteiger partial charge in [0.1, 0.15) is 5.82 Å². The van der Waals surface area contributed by atoms with Crippen molar-refractivity contribution in [2.45, 2.75) is 23.3 Å². The molecule has 8 nitrogen and oxygen atoms in total. The molecule has 0 N–H and O–H groups in total. The molecule has 0 aliphatic carbocycles. The van der Waals surface area contributed by atoms with E-state index in [4.69, 9.17) is 0 Å². The van der Waals surface area contributed by atoms with E-state index in [0.29, 0.717) is 10.3 Å². The van der Waals surface area contributed by atoms with Crippen LogP contribution in [0.15, 0.2) is 64.9 Å². The van der Waals surface area contributed by atoms with Crippen LogP contribution in [0.4, 0.5) is 4.39 Å². The van der Waals surface area contributed by atoms with Gasteiger partial charge in [0.05, 0.1) is 11.7 Å². The van der Waals surface area contributed by atoms with Crippen LogP contribution in [0.2, 0.25) is 0 Å². The highest BCUT2D eigenvalue weighted by Gasteiger charge is 2.23. The summed E-state index contributed by atoms with van der Waals surface area (Å²) >= 11 is 1.30. The van der Waals surface area contributed by atoms with Crippen LogP contribution in [0.1, 0.15) is 18.8 Å². The Balaban J connectivity index is 1.77. The lowest BCUT2D eigenvalue weighted by Crippen LogP contribution is -2.20. The Morgan fingerprint density at radius 2 is 1.62 bits per heavy atom. The van der Waals surface area contributed by atoms with Crippen molar-refractivity contribution in [3.8, 4) is 11.4 Å². The first-order valence-electron chi connectivity index (χ1n) is 8.94. The van der Waals surface area contributed by atoms with Gasteiger partial charge in [0.15, 0.2) is 5.82 Å². The Bertz CT molecular complexity index is 1090. The summed E-state index contributed by atoms with van der Waals surface area (Å²) < 4.78 is 17.0. The molecule has 0 aliphatic heterocycles. The first-order valence-corrected chi connectivity index (χ1v) is 9.75. The van der Waals surface area contributed by atoms with Crippen molar-refractivity contribution in [2.24, 2.45) is 0 Å². The molecular formula is C19H19FN8S. The van der Waals surface area contributed by atoms with E-state index in [0.717, 1.165) is 17.2 Å². The third kappa shape index (κ3) is 3.89. The van der Waals surface area contributed by atoms with Crippen molar-refractivity contribution < 1.29 is 4.39 Å². The standard InChI is InChI=1S/C19H19FN8S/c1-13(26(2)3)17-21-22-18(27(17)15-11-9-14(20)10-12-15)29-19-23-24-25-28(19)16-7-5-4-6-8-16/h4-13H,1-3H3/t13-/m1/s1. The number of halogens is 1. The third-order valence-electron chi connectivity index (χ3n) is 4.52. The van der Waals surface area contributed by atoms with Crippen LogP contribution >= 0.6 is 11.8 Å². The SMILES string of the molecule is C[C@H](c1nnc(Sc2nnnn2-c2ccccc2)n1-c1ccc(F)cc1)N(C)C. The van der Waals surface area contributed by atoms with Gasteiger partial charge in [0.2, 0.25) is 10.3 Å². The molecule has 0 saturated carbocycles. The molecule has 29 heavy (non-hydrogen) atoms. The molecule has 0 unspecified atom stereocenters. The van der Waals surface area contributed by atoms with E-state index in [9.17, 15) is 4.39 Å². The number of benzene rings is 2. The molecule has 1 atom stereocenters. The van der Waals surface area contributed by atoms with E-state index >= 15 is 0 Å². The second-order valence-corrected chi connectivity index (χ2v) is 7.54. The first kappa shape index (κ1) is 19.2. The van der Waals surface area contributed by atoms with Crippen molar-refractivity contribution in [1.29, 1.82) is 0 Å². The number of tetrazole rings is 1. The van der Waals surface area contributed by atoms with Gasteiger partial charge in [-0.05, 0) is 79.6 Å². The maximum Gasteiger partial charge on any atom is 0.221 e. The third-order valence-corrected chi connectivity index (χ3v) is 5.40. The lowest BCUT2D eigenvalue weighted by Gasteiger charge is -2.20. The molecule has 2 aromatic heterocycles. The number of para-hydroxylation sites is 1. The lowest BCUT2D eigenvalue weighted by molar-refractivity contribution is 0.305. The maximum absolute atomic E-state index is 13.5. The van der Waals surface area contributed by atoms with Gasteiger partial charge >= 0.3 is 0 Å². The zero-order valence-corrected chi connectivity index (χ0v) is 17.0. The molecule has 2 aromatic carbocycles. The number of aromatic nitrogens is 7. The number of rotatable bonds is 6. The topological polar surface area (TPSA) is 77.5 Å². The normalized spacial score (nSPS) is 12.4. The van der Waals surface area contributed by atoms with E-state index in [1.165, 1.54) is 23.9 Å². The second-order valence-electron chi connectivity index (χ2n) is 6.60. The monoisotopic (exact) mass is 410 g/mol. The molecule has 0 spiro atoms. The number of nitrogens with zero attached hydrogens (tertiary/aromatic N) is 8. The zero-order valence-electron chi connectivity index (χ0n) is 16.1. The summed E-state index contributed by atoms with van der Waals surface area (Å²) in [6.07, 6.45) is 0. The molecular weight excluding hydrogens is 391 g/mol. The van der Waals surface area contributed by atoms with Gasteiger partial charge in [-0.15, -0.1) is 15.3 Å². The van der Waals surface area contributed by atoms with Gasteiger partial charge in [-0.1, -0.05) is 18.2 Å². The summed E-state index contributed by atoms with van der Waals surface area (Å²) in [5.74, 6) is 0.439. The smallest absolute Gasteiger partial charge is 0.221 e. The van der Waals surface area contributed by atoms with Crippen LogP contribution in [-0.4, -0.2) is 54.0 Å². The summed E-state index contributed by atoms with van der Waals surface area (Å²) in [6.45, 7) is 2.03. The van der Waals surface area contributed by atoms with Gasteiger partial charge in [0.25, 0.3) is 0 Å². The van der Waals surface area contributed by atoms with Gasteiger partial charge in [-0.2, -0.15) is 4.68 Å². The van der Waals surface area contributed by atoms with Crippen LogP contribution in [0.25, 0.3) is 11.4 Å². The van der Waals surface area contributed by atoms with Crippen LogP contribution < -0.4 is 0 Å². The molecule has 0 fully saturated rings. The van der Waals surface area contributed by atoms with E-state index in [1.807, 2.05) is 60.8 Å². The minimum Gasteiger partial charge on any atom is -0.300 e. The van der Waals surface area contributed by atoms with E-state index in [1.54, 1.807) is 16.8 Å². The Hall–Kier alpha value is -3.11. The van der Waals surface area contributed by atoms with Crippen molar-refractivity contribution >= 4 is 11.8 Å². The molecule has 0 bridgehead atoms. The fourth-order valence-corrected chi connectivity index (χ4v) is 3.58. The molecule has 4 rings (SSSR count). The van der Waals surface area contributed by atoms with Gasteiger partial charge < -0.3 is 0 Å². The molecule has 0 radical (unpaired) electrons. The van der Waals surface area contributed by atoms with Crippen LogP contribution in [-0.2, 0) is 0 Å². The fourth-order valence-electron chi connectivity index (χ4n) is 2.74. The fraction of sp³-hybridized carbons (Fsp3) is 0.211. The highest BCUT2D eigenvalue weighted by Crippen LogP contribution is 2.31. The average molecular weight is 410 g/mol. The number of hydrogen-bond donors (Lipinski definition) is 0. The lowest BCUT2D eigenvalue weighted by atomic mass is 10.2. The van der Waals surface area contributed by atoms with Gasteiger partial charge in [0, 0.05) is 5.69 Å². The van der Waals surface area contributed by atoms with Gasteiger partial charge in [-0.25, -0.2) is 4.39 Å². The first-order chi connectivity index (χ1) is 14.0. The minimum atomic E-state index is -0.300. The van der Waals surface area contributed by atoms with E-state index in [2.05, 4.69) is 25.7 Å². The molecule has 148 valence electrons. The summed E-state index contributed by atoms with van der Waals surface area (Å²) in [5.41, 5.74) is 1.61. The maximum atomic E-state index is 13.5. The Morgan fingerprint density at radius 3 is 2.31 bits per heavy atom. The Kier molecular flexibility index (Phi) is 5.36. The van der Waals surface area contributed by atoms with E-state index < -0.39 is 0 Å². The Morgan fingerprint density at radius 1 is 0.897 bits per heavy atom. The quantitative estimate of drug-likeness (QED) is 0.483. The molecule has 0 saturated heterocycles. The zero-order chi connectivity index (χ0) is 20.4. The van der Waals surface area contributed by atoms with Gasteiger partial charge in [-0.3, -0.25) is 9.47 Å². The predicted molar refractivity (Wildman–Crippen MR) is 107 cm³/mol. The molecule has 4 aromatic rings. The average Bonchev–Trinajstić information content (AvgIpc) is 3.36. The van der Waals surface area contributed by atoms with Crippen LogP contribution in [0.5, 0.6) is 0 Å². The second kappa shape index (κ2) is 8.10. The molecule has 0 aliphatic rings. The highest BCUT2D eigenvalue weighted by molar-refractivity contribution is 7.99. The van der Waals surface area contributed by atoms with Crippen molar-refractivity contribution in [2.75, 3.05) is 14.1 Å². The highest BCUT2D eigenvalue weighted by atomic mass is 32.2. The summed E-state index contributed by atoms with van der Waals surface area (Å²) in [4.78, 5) is 2.03. The Labute approximate surface area is 171 Å². The van der Waals surface area contributed by atoms with Crippen molar-refractivity contribution in [3.63, 3.8) is 0 Å². The van der Waals surface area contributed by atoms with Crippen LogP contribution in [0, 0.1) is 5.82 Å².